The molecule has 20 heavy (non-hydrogen) atoms. The van der Waals surface area contributed by atoms with Crippen molar-refractivity contribution >= 4 is 34.1 Å². The van der Waals surface area contributed by atoms with Crippen LogP contribution in [0.2, 0.25) is 5.02 Å². The zero-order chi connectivity index (χ0) is 14.5. The maximum absolute atomic E-state index is 10.6. The van der Waals surface area contributed by atoms with Crippen LogP contribution in [0.25, 0.3) is 0 Å². The van der Waals surface area contributed by atoms with Gasteiger partial charge in [0.05, 0.1) is 11.5 Å². The van der Waals surface area contributed by atoms with E-state index in [0.29, 0.717) is 22.3 Å². The standard InChI is InChI=1S/C14H10Cl2N2O2/c15-12-5-1-10(2-6-12)9-17-14(16)11-3-7-13(8-4-11)18(19)20/h1-8H,9H2. The molecular weight excluding hydrogens is 299 g/mol. The number of benzene rings is 2. The van der Waals surface area contributed by atoms with Gasteiger partial charge in [-0.2, -0.15) is 0 Å². The van der Waals surface area contributed by atoms with E-state index in [1.54, 1.807) is 24.3 Å². The largest absolute Gasteiger partial charge is 0.269 e. The van der Waals surface area contributed by atoms with Gasteiger partial charge in [-0.1, -0.05) is 35.3 Å². The molecule has 2 rings (SSSR count). The Hall–Kier alpha value is -1.91. The lowest BCUT2D eigenvalue weighted by Crippen LogP contribution is -1.94. The highest BCUT2D eigenvalue weighted by atomic mass is 35.5. The summed E-state index contributed by atoms with van der Waals surface area (Å²) in [5.74, 6) is 0. The quantitative estimate of drug-likeness (QED) is 0.476. The minimum absolute atomic E-state index is 0.0240. The molecule has 0 N–H and O–H groups in total. The van der Waals surface area contributed by atoms with E-state index in [9.17, 15) is 10.1 Å². The van der Waals surface area contributed by atoms with Crippen LogP contribution in [0.3, 0.4) is 0 Å². The summed E-state index contributed by atoms with van der Waals surface area (Å²) >= 11 is 11.9. The van der Waals surface area contributed by atoms with Crippen LogP contribution in [-0.4, -0.2) is 10.1 Å². The zero-order valence-electron chi connectivity index (χ0n) is 10.3. The van der Waals surface area contributed by atoms with E-state index in [4.69, 9.17) is 23.2 Å². The Labute approximate surface area is 125 Å². The third-order valence-corrected chi connectivity index (χ3v) is 3.22. The van der Waals surface area contributed by atoms with Crippen LogP contribution in [0.1, 0.15) is 11.1 Å². The van der Waals surface area contributed by atoms with Crippen molar-refractivity contribution in [3.63, 3.8) is 0 Å². The maximum Gasteiger partial charge on any atom is 0.269 e. The van der Waals surface area contributed by atoms with Gasteiger partial charge in [-0.3, -0.25) is 15.1 Å². The minimum Gasteiger partial charge on any atom is -0.268 e. The molecule has 0 aliphatic rings. The summed E-state index contributed by atoms with van der Waals surface area (Å²) in [5.41, 5.74) is 1.65. The van der Waals surface area contributed by atoms with Crippen molar-refractivity contribution in [2.75, 3.05) is 0 Å². The van der Waals surface area contributed by atoms with Gasteiger partial charge in [0.15, 0.2) is 0 Å². The number of nitro benzene ring substituents is 1. The fraction of sp³-hybridized carbons (Fsp3) is 0.0714. The molecule has 0 spiro atoms. The van der Waals surface area contributed by atoms with E-state index in [1.807, 2.05) is 12.1 Å². The average molecular weight is 309 g/mol. The number of nitrogens with zero attached hydrogens (tertiary/aromatic N) is 2. The second-order valence-electron chi connectivity index (χ2n) is 4.04. The molecule has 0 aromatic heterocycles. The molecule has 0 aliphatic carbocycles. The molecule has 0 bridgehead atoms. The van der Waals surface area contributed by atoms with Crippen LogP contribution in [0.4, 0.5) is 5.69 Å². The summed E-state index contributed by atoms with van der Waals surface area (Å²) < 4.78 is 0. The lowest BCUT2D eigenvalue weighted by atomic mass is 10.2. The van der Waals surface area contributed by atoms with Gasteiger partial charge in [0, 0.05) is 22.7 Å². The van der Waals surface area contributed by atoms with E-state index in [-0.39, 0.29) is 5.69 Å². The number of hydrogen-bond acceptors (Lipinski definition) is 3. The average Bonchev–Trinajstić information content (AvgIpc) is 2.46. The number of halogens is 2. The van der Waals surface area contributed by atoms with Crippen molar-refractivity contribution in [3.05, 3.63) is 74.8 Å². The molecule has 6 heteroatoms. The first-order chi connectivity index (χ1) is 9.56. The topological polar surface area (TPSA) is 55.5 Å². The van der Waals surface area contributed by atoms with Gasteiger partial charge < -0.3 is 0 Å². The van der Waals surface area contributed by atoms with E-state index >= 15 is 0 Å². The molecule has 0 saturated heterocycles. The first-order valence-electron chi connectivity index (χ1n) is 5.75. The van der Waals surface area contributed by atoms with Crippen LogP contribution < -0.4 is 0 Å². The van der Waals surface area contributed by atoms with E-state index < -0.39 is 4.92 Å². The molecule has 4 nitrogen and oxygen atoms in total. The minimum atomic E-state index is -0.456. The van der Waals surface area contributed by atoms with Crippen LogP contribution in [0.15, 0.2) is 53.5 Å². The van der Waals surface area contributed by atoms with Crippen LogP contribution in [0, 0.1) is 10.1 Å². The van der Waals surface area contributed by atoms with Crippen LogP contribution in [-0.2, 0) is 6.54 Å². The van der Waals surface area contributed by atoms with E-state index in [2.05, 4.69) is 4.99 Å². The zero-order valence-corrected chi connectivity index (χ0v) is 11.8. The predicted octanol–water partition coefficient (Wildman–Crippen LogP) is 4.43. The first kappa shape index (κ1) is 14.5. The summed E-state index contributed by atoms with van der Waals surface area (Å²) in [7, 11) is 0. The Kier molecular flexibility index (Phi) is 4.71. The fourth-order valence-corrected chi connectivity index (χ4v) is 1.87. The maximum atomic E-state index is 10.6. The third kappa shape index (κ3) is 3.79. The van der Waals surface area contributed by atoms with E-state index in [0.717, 1.165) is 5.56 Å². The Morgan fingerprint density at radius 2 is 1.70 bits per heavy atom. The molecule has 0 aliphatic heterocycles. The first-order valence-corrected chi connectivity index (χ1v) is 6.51. The summed E-state index contributed by atoms with van der Waals surface area (Å²) in [5, 5.41) is 11.5. The highest BCUT2D eigenvalue weighted by Gasteiger charge is 2.06. The van der Waals surface area contributed by atoms with E-state index in [1.165, 1.54) is 12.1 Å². The van der Waals surface area contributed by atoms with Gasteiger partial charge in [0.2, 0.25) is 0 Å². The Balaban J connectivity index is 2.09. The molecule has 2 aromatic rings. The monoisotopic (exact) mass is 308 g/mol. The molecule has 0 radical (unpaired) electrons. The molecule has 0 heterocycles. The predicted molar refractivity (Wildman–Crippen MR) is 80.6 cm³/mol. The normalized spacial score (nSPS) is 11.4. The highest BCUT2D eigenvalue weighted by Crippen LogP contribution is 2.15. The molecule has 0 amide bonds. The molecule has 2 aromatic carbocycles. The van der Waals surface area contributed by atoms with Crippen molar-refractivity contribution in [2.45, 2.75) is 6.54 Å². The second kappa shape index (κ2) is 6.50. The molecule has 102 valence electrons. The lowest BCUT2D eigenvalue weighted by molar-refractivity contribution is -0.384. The second-order valence-corrected chi connectivity index (χ2v) is 4.83. The molecule has 0 unspecified atom stereocenters. The molecule has 0 fully saturated rings. The van der Waals surface area contributed by atoms with Crippen LogP contribution in [0.5, 0.6) is 0 Å². The van der Waals surface area contributed by atoms with Gasteiger partial charge in [0.25, 0.3) is 5.69 Å². The summed E-state index contributed by atoms with van der Waals surface area (Å²) in [6.45, 7) is 0.424. The Bertz CT molecular complexity index is 637. The number of aliphatic imine (C=N–C) groups is 1. The fourth-order valence-electron chi connectivity index (χ4n) is 1.56. The van der Waals surface area contributed by atoms with Crippen LogP contribution >= 0.6 is 23.2 Å². The number of nitro groups is 1. The number of rotatable bonds is 4. The molecular formula is C14H10Cl2N2O2. The number of hydrogen-bond donors (Lipinski definition) is 0. The Morgan fingerprint density at radius 3 is 2.25 bits per heavy atom. The van der Waals surface area contributed by atoms with Gasteiger partial charge in [0.1, 0.15) is 5.17 Å². The van der Waals surface area contributed by atoms with Gasteiger partial charge in [-0.05, 0) is 29.8 Å². The number of non-ortho nitro benzene ring substituents is 1. The Morgan fingerprint density at radius 1 is 1.10 bits per heavy atom. The summed E-state index contributed by atoms with van der Waals surface area (Å²) in [6.07, 6.45) is 0. The summed E-state index contributed by atoms with van der Waals surface area (Å²) in [4.78, 5) is 14.3. The van der Waals surface area contributed by atoms with Gasteiger partial charge in [-0.25, -0.2) is 0 Å². The van der Waals surface area contributed by atoms with Gasteiger partial charge in [-0.15, -0.1) is 0 Å². The van der Waals surface area contributed by atoms with Crippen molar-refractivity contribution in [2.24, 2.45) is 4.99 Å². The summed E-state index contributed by atoms with van der Waals surface area (Å²) in [6, 6.07) is 13.2. The molecule has 0 atom stereocenters. The third-order valence-electron chi connectivity index (χ3n) is 2.63. The lowest BCUT2D eigenvalue weighted by Gasteiger charge is -2.00. The molecule has 0 saturated carbocycles. The van der Waals surface area contributed by atoms with Crippen molar-refractivity contribution in [1.29, 1.82) is 0 Å². The smallest absolute Gasteiger partial charge is 0.268 e. The van der Waals surface area contributed by atoms with Crippen molar-refractivity contribution < 1.29 is 4.92 Å². The SMILES string of the molecule is O=[N+]([O-])c1ccc(C(Cl)=NCc2ccc(Cl)cc2)cc1. The van der Waals surface area contributed by atoms with Crippen molar-refractivity contribution in [3.8, 4) is 0 Å². The highest BCUT2D eigenvalue weighted by molar-refractivity contribution is 6.69. The van der Waals surface area contributed by atoms with Crippen molar-refractivity contribution in [1.82, 2.24) is 0 Å². The van der Waals surface area contributed by atoms with Gasteiger partial charge >= 0.3 is 0 Å².